The highest BCUT2D eigenvalue weighted by atomic mass is 32.2. The Morgan fingerprint density at radius 2 is 1.92 bits per heavy atom. The number of nitrogens with one attached hydrogen (secondary N) is 1. The minimum Gasteiger partial charge on any atom is -0.492 e. The van der Waals surface area contributed by atoms with Crippen molar-refractivity contribution in [1.29, 1.82) is 0 Å². The molecule has 6 nitrogen and oxygen atoms in total. The molecular weight excluding hydrogens is 489 g/mol. The smallest absolute Gasteiger partial charge is 0.416 e. The summed E-state index contributed by atoms with van der Waals surface area (Å²) in [6.45, 7) is 4.20. The van der Waals surface area contributed by atoms with Crippen molar-refractivity contribution < 1.29 is 22.7 Å². The van der Waals surface area contributed by atoms with Crippen molar-refractivity contribution >= 4 is 34.5 Å². The molecule has 1 amide bonds. The number of carbonyl (C=O) groups is 1. The molecule has 2 heterocycles. The first-order valence-electron chi connectivity index (χ1n) is 11.5. The largest absolute Gasteiger partial charge is 0.492 e. The number of amides is 1. The van der Waals surface area contributed by atoms with Crippen LogP contribution in [0.2, 0.25) is 0 Å². The molecule has 0 aliphatic carbocycles. The first-order chi connectivity index (χ1) is 17.3. The second-order valence-corrected chi connectivity index (χ2v) is 8.88. The van der Waals surface area contributed by atoms with Gasteiger partial charge in [-0.3, -0.25) is 9.36 Å². The molecule has 1 atom stereocenters. The van der Waals surface area contributed by atoms with E-state index in [1.807, 2.05) is 26.0 Å². The maximum atomic E-state index is 13.4. The van der Waals surface area contributed by atoms with E-state index in [4.69, 9.17) is 4.74 Å². The van der Waals surface area contributed by atoms with Crippen molar-refractivity contribution in [2.45, 2.75) is 43.4 Å². The Hall–Kier alpha value is -3.53. The number of halogens is 3. The van der Waals surface area contributed by atoms with Crippen LogP contribution in [0.4, 0.5) is 18.9 Å². The Kier molecular flexibility index (Phi) is 7.83. The number of ether oxygens (including phenoxy) is 1. The topological polar surface area (TPSA) is 69.0 Å². The maximum absolute atomic E-state index is 13.4. The first-order valence-corrected chi connectivity index (χ1v) is 12.4. The summed E-state index contributed by atoms with van der Waals surface area (Å²) in [5.74, 6) is 0.546. The van der Waals surface area contributed by atoms with Gasteiger partial charge in [-0.05, 0) is 49.2 Å². The van der Waals surface area contributed by atoms with Crippen LogP contribution in [-0.4, -0.2) is 27.0 Å². The molecule has 188 valence electrons. The molecule has 0 aliphatic rings. The van der Waals surface area contributed by atoms with E-state index in [2.05, 4.69) is 15.3 Å². The van der Waals surface area contributed by atoms with E-state index in [0.717, 1.165) is 12.1 Å². The number of hydrogen-bond acceptors (Lipinski definition) is 5. The summed E-state index contributed by atoms with van der Waals surface area (Å²) >= 11 is 1.26. The number of benzene rings is 2. The number of aromatic nitrogens is 3. The number of pyridine rings is 1. The van der Waals surface area contributed by atoms with Gasteiger partial charge in [0.2, 0.25) is 5.91 Å². The number of anilines is 1. The van der Waals surface area contributed by atoms with Crippen molar-refractivity contribution in [2.75, 3.05) is 11.9 Å². The number of para-hydroxylation sites is 2. The maximum Gasteiger partial charge on any atom is 0.416 e. The number of alkyl halides is 3. The highest BCUT2D eigenvalue weighted by Gasteiger charge is 2.30. The van der Waals surface area contributed by atoms with Crippen molar-refractivity contribution in [1.82, 2.24) is 14.5 Å². The van der Waals surface area contributed by atoms with Crippen LogP contribution in [0.25, 0.3) is 11.2 Å². The van der Waals surface area contributed by atoms with Crippen LogP contribution in [0, 0.1) is 0 Å². The molecule has 4 aromatic rings. The SMILES string of the molecule is CCOc1ccccc1NC(=O)[C@@H](CC)n1c(SCc2cccc(C(F)(F)F)c2)nc2cccnc21. The van der Waals surface area contributed by atoms with Gasteiger partial charge < -0.3 is 10.1 Å². The van der Waals surface area contributed by atoms with Crippen LogP contribution >= 0.6 is 11.8 Å². The Morgan fingerprint density at radius 1 is 1.11 bits per heavy atom. The molecule has 2 aromatic carbocycles. The molecular formula is C26H25F3N4O2S. The lowest BCUT2D eigenvalue weighted by molar-refractivity contribution is -0.137. The lowest BCUT2D eigenvalue weighted by Gasteiger charge is -2.20. The highest BCUT2D eigenvalue weighted by molar-refractivity contribution is 7.98. The number of nitrogens with zero attached hydrogens (tertiary/aromatic N) is 3. The molecule has 36 heavy (non-hydrogen) atoms. The molecule has 0 spiro atoms. The van der Waals surface area contributed by atoms with E-state index in [-0.39, 0.29) is 11.7 Å². The molecule has 10 heteroatoms. The van der Waals surface area contributed by atoms with E-state index >= 15 is 0 Å². The average molecular weight is 515 g/mol. The summed E-state index contributed by atoms with van der Waals surface area (Å²) in [5.41, 5.74) is 1.49. The Balaban J connectivity index is 1.65. The summed E-state index contributed by atoms with van der Waals surface area (Å²) in [6.07, 6.45) is -2.35. The van der Waals surface area contributed by atoms with Crippen molar-refractivity contribution in [3.05, 3.63) is 78.0 Å². The third kappa shape index (κ3) is 5.64. The van der Waals surface area contributed by atoms with Crippen molar-refractivity contribution in [3.8, 4) is 5.75 Å². The number of carbonyl (C=O) groups excluding carboxylic acids is 1. The molecule has 0 radical (unpaired) electrons. The minimum atomic E-state index is -4.42. The van der Waals surface area contributed by atoms with E-state index < -0.39 is 17.8 Å². The van der Waals surface area contributed by atoms with Crippen molar-refractivity contribution in [2.24, 2.45) is 0 Å². The molecule has 0 bridgehead atoms. The minimum absolute atomic E-state index is 0.248. The third-order valence-corrected chi connectivity index (χ3v) is 6.51. The van der Waals surface area contributed by atoms with Gasteiger partial charge in [-0.25, -0.2) is 9.97 Å². The van der Waals surface area contributed by atoms with Gasteiger partial charge in [0.15, 0.2) is 10.8 Å². The Bertz CT molecular complexity index is 1360. The average Bonchev–Trinajstić information content (AvgIpc) is 3.22. The van der Waals surface area contributed by atoms with Gasteiger partial charge in [-0.2, -0.15) is 13.2 Å². The van der Waals surface area contributed by atoms with Crippen LogP contribution < -0.4 is 10.1 Å². The normalized spacial score (nSPS) is 12.5. The molecule has 0 saturated carbocycles. The van der Waals surface area contributed by atoms with Crippen LogP contribution in [-0.2, 0) is 16.7 Å². The van der Waals surface area contributed by atoms with Gasteiger partial charge in [0.1, 0.15) is 17.3 Å². The Labute approximate surface area is 210 Å². The zero-order valence-electron chi connectivity index (χ0n) is 19.7. The predicted octanol–water partition coefficient (Wildman–Crippen LogP) is 6.73. The van der Waals surface area contributed by atoms with E-state index in [9.17, 15) is 18.0 Å². The monoisotopic (exact) mass is 514 g/mol. The second-order valence-electron chi connectivity index (χ2n) is 7.94. The summed E-state index contributed by atoms with van der Waals surface area (Å²) in [7, 11) is 0. The van der Waals surface area contributed by atoms with Gasteiger partial charge in [0.05, 0.1) is 17.9 Å². The van der Waals surface area contributed by atoms with Gasteiger partial charge in [0.25, 0.3) is 0 Å². The molecule has 0 fully saturated rings. The number of hydrogen-bond donors (Lipinski definition) is 1. The molecule has 4 rings (SSSR count). The van der Waals surface area contributed by atoms with E-state index in [0.29, 0.717) is 46.3 Å². The summed E-state index contributed by atoms with van der Waals surface area (Å²) in [6, 6.07) is 15.3. The lowest BCUT2D eigenvalue weighted by Crippen LogP contribution is -2.26. The molecule has 0 aliphatic heterocycles. The van der Waals surface area contributed by atoms with E-state index in [1.165, 1.54) is 17.8 Å². The number of fused-ring (bicyclic) bond motifs is 1. The fraction of sp³-hybridized carbons (Fsp3) is 0.269. The number of thioether (sulfide) groups is 1. The quantitative estimate of drug-likeness (QED) is 0.251. The predicted molar refractivity (Wildman–Crippen MR) is 134 cm³/mol. The standard InChI is InChI=1S/C26H25F3N4O2S/c1-3-21(24(34)31-19-11-5-6-13-22(19)35-4-2)33-23-20(12-8-14-30-23)32-25(33)36-16-17-9-7-10-18(15-17)26(27,28)29/h5-15,21H,3-4,16H2,1-2H3,(H,31,34)/t21-/m1/s1. The zero-order chi connectivity index (χ0) is 25.7. The van der Waals surface area contributed by atoms with Gasteiger partial charge in [0, 0.05) is 11.9 Å². The van der Waals surface area contributed by atoms with E-state index in [1.54, 1.807) is 41.1 Å². The second kappa shape index (κ2) is 11.0. The van der Waals surface area contributed by atoms with Gasteiger partial charge in [-0.15, -0.1) is 0 Å². The summed E-state index contributed by atoms with van der Waals surface area (Å²) in [4.78, 5) is 22.5. The third-order valence-electron chi connectivity index (χ3n) is 5.48. The van der Waals surface area contributed by atoms with Crippen LogP contribution in [0.1, 0.15) is 37.4 Å². The number of rotatable bonds is 9. The van der Waals surface area contributed by atoms with Crippen LogP contribution in [0.3, 0.4) is 0 Å². The molecule has 0 unspecified atom stereocenters. The van der Waals surface area contributed by atoms with Gasteiger partial charge >= 0.3 is 6.18 Å². The molecule has 1 N–H and O–H groups in total. The summed E-state index contributed by atoms with van der Waals surface area (Å²) in [5, 5.41) is 3.45. The van der Waals surface area contributed by atoms with Gasteiger partial charge in [-0.1, -0.05) is 49.0 Å². The fourth-order valence-corrected chi connectivity index (χ4v) is 4.82. The zero-order valence-corrected chi connectivity index (χ0v) is 20.6. The fourth-order valence-electron chi connectivity index (χ4n) is 3.83. The highest BCUT2D eigenvalue weighted by Crippen LogP contribution is 2.34. The lowest BCUT2D eigenvalue weighted by atomic mass is 10.1. The molecule has 2 aromatic heterocycles. The van der Waals surface area contributed by atoms with Crippen LogP contribution in [0.5, 0.6) is 5.75 Å². The molecule has 0 saturated heterocycles. The van der Waals surface area contributed by atoms with Crippen molar-refractivity contribution in [3.63, 3.8) is 0 Å². The summed E-state index contributed by atoms with van der Waals surface area (Å²) < 4.78 is 46.8. The first kappa shape index (κ1) is 25.6. The number of imidazole rings is 1. The van der Waals surface area contributed by atoms with Crippen LogP contribution in [0.15, 0.2) is 72.0 Å². The Morgan fingerprint density at radius 3 is 2.67 bits per heavy atom.